The highest BCUT2D eigenvalue weighted by atomic mass is 35.5. The maximum Gasteiger partial charge on any atom is 0.135 e. The fourth-order valence-electron chi connectivity index (χ4n) is 1.16. The van der Waals surface area contributed by atoms with Crippen LogP contribution in [0.4, 0.5) is 0 Å². The van der Waals surface area contributed by atoms with Crippen LogP contribution in [0.1, 0.15) is 5.56 Å². The zero-order valence-electron chi connectivity index (χ0n) is 6.41. The molecule has 4 heteroatoms. The number of halogens is 1. The summed E-state index contributed by atoms with van der Waals surface area (Å²) in [6, 6.07) is 5.28. The number of rotatable bonds is 0. The monoisotopic (exact) mass is 209 g/mol. The van der Waals surface area contributed by atoms with Crippen LogP contribution in [0.5, 0.6) is 5.75 Å². The molecule has 0 amide bonds. The lowest BCUT2D eigenvalue weighted by atomic mass is 10.1. The van der Waals surface area contributed by atoms with Crippen LogP contribution in [0.15, 0.2) is 17.5 Å². The smallest absolute Gasteiger partial charge is 0.135 e. The van der Waals surface area contributed by atoms with Crippen molar-refractivity contribution >= 4 is 33.0 Å². The van der Waals surface area contributed by atoms with E-state index in [1.165, 1.54) is 11.3 Å². The van der Waals surface area contributed by atoms with Crippen LogP contribution >= 0.6 is 22.9 Å². The highest BCUT2D eigenvalue weighted by Crippen LogP contribution is 2.36. The summed E-state index contributed by atoms with van der Waals surface area (Å²) >= 11 is 7.37. The minimum atomic E-state index is -0.0570. The molecule has 0 saturated heterocycles. The number of aromatic hydroxyl groups is 1. The Morgan fingerprint density at radius 1 is 1.54 bits per heavy atom. The van der Waals surface area contributed by atoms with Gasteiger partial charge < -0.3 is 5.11 Å². The Bertz CT molecular complexity index is 512. The van der Waals surface area contributed by atoms with E-state index < -0.39 is 0 Å². The SMILES string of the molecule is N#Cc1c(O)cc2ccsc2c1Cl. The van der Waals surface area contributed by atoms with Crippen LogP contribution in [0.3, 0.4) is 0 Å². The second kappa shape index (κ2) is 2.91. The van der Waals surface area contributed by atoms with Crippen molar-refractivity contribution in [3.8, 4) is 11.8 Å². The molecule has 2 nitrogen and oxygen atoms in total. The Labute approximate surface area is 83.6 Å². The van der Waals surface area contributed by atoms with E-state index in [9.17, 15) is 5.11 Å². The molecule has 1 N–H and O–H groups in total. The third-order valence-corrected chi connectivity index (χ3v) is 3.21. The second-order valence-corrected chi connectivity index (χ2v) is 3.83. The predicted molar refractivity (Wildman–Crippen MR) is 53.2 cm³/mol. The summed E-state index contributed by atoms with van der Waals surface area (Å²) in [5.41, 5.74) is 0.150. The minimum Gasteiger partial charge on any atom is -0.506 e. The molecule has 0 aliphatic carbocycles. The van der Waals surface area contributed by atoms with Crippen molar-refractivity contribution < 1.29 is 5.11 Å². The van der Waals surface area contributed by atoms with Crippen molar-refractivity contribution in [2.24, 2.45) is 0 Å². The number of phenolic OH excluding ortho intramolecular Hbond substituents is 1. The molecular formula is C9H4ClNOS. The summed E-state index contributed by atoms with van der Waals surface area (Å²) in [5, 5.41) is 21.2. The van der Waals surface area contributed by atoms with Crippen molar-refractivity contribution in [2.45, 2.75) is 0 Å². The van der Waals surface area contributed by atoms with E-state index in [0.717, 1.165) is 10.1 Å². The molecule has 0 aliphatic heterocycles. The number of fused-ring (bicyclic) bond motifs is 1. The van der Waals surface area contributed by atoms with Gasteiger partial charge in [0.05, 0.1) is 9.72 Å². The number of hydrogen-bond donors (Lipinski definition) is 1. The van der Waals surface area contributed by atoms with Gasteiger partial charge in [0.2, 0.25) is 0 Å². The fourth-order valence-corrected chi connectivity index (χ4v) is 2.36. The molecule has 2 rings (SSSR count). The van der Waals surface area contributed by atoms with Gasteiger partial charge in [-0.25, -0.2) is 0 Å². The normalized spacial score (nSPS) is 10.2. The van der Waals surface area contributed by atoms with Gasteiger partial charge in [-0.05, 0) is 22.9 Å². The minimum absolute atomic E-state index is 0.0570. The van der Waals surface area contributed by atoms with Crippen LogP contribution in [0.25, 0.3) is 10.1 Å². The topological polar surface area (TPSA) is 44.0 Å². The predicted octanol–water partition coefficient (Wildman–Crippen LogP) is 3.13. The highest BCUT2D eigenvalue weighted by Gasteiger charge is 2.11. The second-order valence-electron chi connectivity index (χ2n) is 2.54. The standard InChI is InChI=1S/C9H4ClNOS/c10-8-6(4-11)7(12)3-5-1-2-13-9(5)8/h1-3,12H. The molecule has 1 aromatic heterocycles. The molecular weight excluding hydrogens is 206 g/mol. The summed E-state index contributed by atoms with van der Waals surface area (Å²) in [5.74, 6) is -0.0570. The lowest BCUT2D eigenvalue weighted by molar-refractivity contribution is 0.474. The molecule has 0 fully saturated rings. The lowest BCUT2D eigenvalue weighted by Gasteiger charge is -1.99. The average molecular weight is 210 g/mol. The van der Waals surface area contributed by atoms with Crippen molar-refractivity contribution in [2.75, 3.05) is 0 Å². The number of nitrogens with zero attached hydrogens (tertiary/aromatic N) is 1. The highest BCUT2D eigenvalue weighted by molar-refractivity contribution is 7.17. The quantitative estimate of drug-likeness (QED) is 0.725. The Morgan fingerprint density at radius 3 is 3.00 bits per heavy atom. The molecule has 13 heavy (non-hydrogen) atoms. The molecule has 0 bridgehead atoms. The Kier molecular flexibility index (Phi) is 1.87. The first-order chi connectivity index (χ1) is 6.24. The molecule has 0 spiro atoms. The van der Waals surface area contributed by atoms with Crippen molar-refractivity contribution in [1.29, 1.82) is 5.26 Å². The first-order valence-corrected chi connectivity index (χ1v) is 4.78. The van der Waals surface area contributed by atoms with E-state index in [1.807, 2.05) is 17.5 Å². The van der Waals surface area contributed by atoms with Crippen LogP contribution in [-0.2, 0) is 0 Å². The third kappa shape index (κ3) is 1.15. The zero-order chi connectivity index (χ0) is 9.42. The van der Waals surface area contributed by atoms with Gasteiger partial charge in [0, 0.05) is 0 Å². The Balaban J connectivity index is 2.95. The maximum absolute atomic E-state index is 9.41. The van der Waals surface area contributed by atoms with Gasteiger partial charge in [0.1, 0.15) is 17.4 Å². The van der Waals surface area contributed by atoms with E-state index in [4.69, 9.17) is 16.9 Å². The molecule has 1 heterocycles. The summed E-state index contributed by atoms with van der Waals surface area (Å²) in [6.45, 7) is 0. The summed E-state index contributed by atoms with van der Waals surface area (Å²) < 4.78 is 0.844. The van der Waals surface area contributed by atoms with Gasteiger partial charge in [0.15, 0.2) is 0 Å². The number of phenols is 1. The van der Waals surface area contributed by atoms with Crippen LogP contribution in [0.2, 0.25) is 5.02 Å². The fraction of sp³-hybridized carbons (Fsp3) is 0. The van der Waals surface area contributed by atoms with Crippen LogP contribution < -0.4 is 0 Å². The van der Waals surface area contributed by atoms with Crippen LogP contribution in [-0.4, -0.2) is 5.11 Å². The van der Waals surface area contributed by atoms with Gasteiger partial charge >= 0.3 is 0 Å². The largest absolute Gasteiger partial charge is 0.506 e. The Hall–Kier alpha value is -1.24. The van der Waals surface area contributed by atoms with Crippen molar-refractivity contribution in [1.82, 2.24) is 0 Å². The van der Waals surface area contributed by atoms with Crippen molar-refractivity contribution in [3.63, 3.8) is 0 Å². The van der Waals surface area contributed by atoms with E-state index in [2.05, 4.69) is 0 Å². The molecule has 0 unspecified atom stereocenters. The lowest BCUT2D eigenvalue weighted by Crippen LogP contribution is -1.78. The number of benzene rings is 1. The molecule has 0 atom stereocenters. The molecule has 64 valence electrons. The van der Waals surface area contributed by atoms with Crippen LogP contribution in [0, 0.1) is 11.3 Å². The van der Waals surface area contributed by atoms with Gasteiger partial charge in [0.25, 0.3) is 0 Å². The molecule has 1 aromatic carbocycles. The summed E-state index contributed by atoms with van der Waals surface area (Å²) in [4.78, 5) is 0. The number of hydrogen-bond acceptors (Lipinski definition) is 3. The number of thiophene rings is 1. The third-order valence-electron chi connectivity index (χ3n) is 1.77. The molecule has 2 aromatic rings. The first-order valence-electron chi connectivity index (χ1n) is 3.53. The van der Waals surface area contributed by atoms with E-state index in [1.54, 1.807) is 6.07 Å². The number of nitriles is 1. The summed E-state index contributed by atoms with van der Waals surface area (Å²) in [7, 11) is 0. The Morgan fingerprint density at radius 2 is 2.31 bits per heavy atom. The molecule has 0 aliphatic rings. The molecule has 0 saturated carbocycles. The first kappa shape index (κ1) is 8.36. The van der Waals surface area contributed by atoms with Gasteiger partial charge in [-0.1, -0.05) is 11.6 Å². The van der Waals surface area contributed by atoms with E-state index in [0.29, 0.717) is 5.02 Å². The average Bonchev–Trinajstić information content (AvgIpc) is 2.53. The van der Waals surface area contributed by atoms with Gasteiger partial charge in [-0.2, -0.15) is 5.26 Å². The molecule has 0 radical (unpaired) electrons. The van der Waals surface area contributed by atoms with E-state index in [-0.39, 0.29) is 11.3 Å². The van der Waals surface area contributed by atoms with Gasteiger partial charge in [-0.15, -0.1) is 11.3 Å². The van der Waals surface area contributed by atoms with Gasteiger partial charge in [-0.3, -0.25) is 0 Å². The summed E-state index contributed by atoms with van der Waals surface area (Å²) in [6.07, 6.45) is 0. The zero-order valence-corrected chi connectivity index (χ0v) is 7.99. The van der Waals surface area contributed by atoms with E-state index >= 15 is 0 Å². The maximum atomic E-state index is 9.41. The van der Waals surface area contributed by atoms with Crippen molar-refractivity contribution in [3.05, 3.63) is 28.1 Å².